The summed E-state index contributed by atoms with van der Waals surface area (Å²) in [5, 5.41) is 3.79. The zero-order chi connectivity index (χ0) is 23.3. The van der Waals surface area contributed by atoms with Crippen LogP contribution in [-0.4, -0.2) is 32.8 Å². The number of carbonyl (C=O) groups is 3. The third kappa shape index (κ3) is 5.59. The Kier molecular flexibility index (Phi) is 7.06. The maximum absolute atomic E-state index is 12.8. The van der Waals surface area contributed by atoms with Crippen molar-refractivity contribution in [1.82, 2.24) is 5.32 Å². The molecule has 166 valence electrons. The second-order valence-electron chi connectivity index (χ2n) is 6.73. The number of rotatable bonds is 7. The summed E-state index contributed by atoms with van der Waals surface area (Å²) in [6.45, 7) is 2.65. The molecule has 0 atom stereocenters. The van der Waals surface area contributed by atoms with Crippen molar-refractivity contribution in [1.29, 1.82) is 0 Å². The summed E-state index contributed by atoms with van der Waals surface area (Å²) in [5.41, 5.74) is 1.04. The topological polar surface area (TPSA) is 116 Å². The minimum Gasteiger partial charge on any atom is -0.452 e. The normalized spacial score (nSPS) is 10.9. The van der Waals surface area contributed by atoms with Gasteiger partial charge in [0, 0.05) is 0 Å². The third-order valence-electron chi connectivity index (χ3n) is 4.25. The minimum atomic E-state index is -4.23. The SMILES string of the molecule is Cc1ccc(C)c(S(=O)(=O)Oc2ccccc2C(=O)OCC(=O)NC(=O)c2cccs2)c1. The van der Waals surface area contributed by atoms with Crippen molar-refractivity contribution in [2.24, 2.45) is 0 Å². The summed E-state index contributed by atoms with van der Waals surface area (Å²) < 4.78 is 35.7. The first-order chi connectivity index (χ1) is 15.2. The van der Waals surface area contributed by atoms with Crippen LogP contribution in [-0.2, 0) is 19.6 Å². The molecule has 1 heterocycles. The maximum Gasteiger partial charge on any atom is 0.342 e. The van der Waals surface area contributed by atoms with Crippen molar-refractivity contribution in [3.63, 3.8) is 0 Å². The van der Waals surface area contributed by atoms with E-state index in [4.69, 9.17) is 8.92 Å². The van der Waals surface area contributed by atoms with Gasteiger partial charge in [0.25, 0.3) is 11.8 Å². The number of hydrogen-bond donors (Lipinski definition) is 1. The second-order valence-corrected chi connectivity index (χ2v) is 9.20. The second kappa shape index (κ2) is 9.75. The fourth-order valence-electron chi connectivity index (χ4n) is 2.69. The molecule has 3 aromatic rings. The van der Waals surface area contributed by atoms with Gasteiger partial charge in [-0.15, -0.1) is 11.3 Å². The monoisotopic (exact) mass is 473 g/mol. The van der Waals surface area contributed by atoms with E-state index in [2.05, 4.69) is 5.32 Å². The van der Waals surface area contributed by atoms with Crippen LogP contribution in [0.1, 0.15) is 31.2 Å². The summed E-state index contributed by atoms with van der Waals surface area (Å²) >= 11 is 1.16. The van der Waals surface area contributed by atoms with E-state index in [-0.39, 0.29) is 16.2 Å². The van der Waals surface area contributed by atoms with E-state index in [1.807, 2.05) is 0 Å². The fraction of sp³-hybridized carbons (Fsp3) is 0.136. The number of para-hydroxylation sites is 1. The van der Waals surface area contributed by atoms with Crippen molar-refractivity contribution in [3.05, 3.63) is 81.5 Å². The third-order valence-corrected chi connectivity index (χ3v) is 6.50. The van der Waals surface area contributed by atoms with Gasteiger partial charge in [-0.2, -0.15) is 8.42 Å². The fourth-order valence-corrected chi connectivity index (χ4v) is 4.57. The molecule has 1 N–H and O–H groups in total. The minimum absolute atomic E-state index is 0.0212. The number of imide groups is 1. The Bertz CT molecular complexity index is 1270. The summed E-state index contributed by atoms with van der Waals surface area (Å²) in [6.07, 6.45) is 0. The molecule has 0 fully saturated rings. The molecule has 0 aliphatic rings. The highest BCUT2D eigenvalue weighted by Crippen LogP contribution is 2.26. The van der Waals surface area contributed by atoms with Gasteiger partial charge >= 0.3 is 16.1 Å². The lowest BCUT2D eigenvalue weighted by Crippen LogP contribution is -2.33. The molecule has 8 nitrogen and oxygen atoms in total. The number of benzene rings is 2. The van der Waals surface area contributed by atoms with Gasteiger partial charge in [-0.1, -0.05) is 30.3 Å². The first-order valence-corrected chi connectivity index (χ1v) is 11.6. The van der Waals surface area contributed by atoms with Crippen LogP contribution in [0.3, 0.4) is 0 Å². The molecule has 0 saturated carbocycles. The number of thiophene rings is 1. The van der Waals surface area contributed by atoms with Gasteiger partial charge < -0.3 is 8.92 Å². The number of aryl methyl sites for hydroxylation is 2. The first-order valence-electron chi connectivity index (χ1n) is 9.33. The summed E-state index contributed by atoms with van der Waals surface area (Å²) in [5.74, 6) is -2.65. The van der Waals surface area contributed by atoms with Crippen LogP contribution in [0.2, 0.25) is 0 Å². The van der Waals surface area contributed by atoms with Gasteiger partial charge in [0.05, 0.1) is 4.88 Å². The quantitative estimate of drug-likeness (QED) is 0.414. The Labute approximate surface area is 188 Å². The van der Waals surface area contributed by atoms with Crippen LogP contribution in [0.4, 0.5) is 0 Å². The lowest BCUT2D eigenvalue weighted by Gasteiger charge is -2.13. The molecule has 32 heavy (non-hydrogen) atoms. The number of carbonyl (C=O) groups excluding carboxylic acids is 3. The van der Waals surface area contributed by atoms with E-state index in [1.165, 1.54) is 30.3 Å². The van der Waals surface area contributed by atoms with Crippen molar-refractivity contribution >= 4 is 39.2 Å². The van der Waals surface area contributed by atoms with E-state index in [0.717, 1.165) is 16.9 Å². The molecule has 0 saturated heterocycles. The number of hydrogen-bond acceptors (Lipinski definition) is 8. The van der Waals surface area contributed by atoms with Gasteiger partial charge in [0.15, 0.2) is 12.4 Å². The molecule has 1 aromatic heterocycles. The lowest BCUT2D eigenvalue weighted by atomic mass is 10.2. The molecule has 0 unspecified atom stereocenters. The number of amides is 2. The maximum atomic E-state index is 12.8. The molecule has 0 radical (unpaired) electrons. The van der Waals surface area contributed by atoms with Crippen molar-refractivity contribution < 1.29 is 31.7 Å². The molecule has 0 spiro atoms. The van der Waals surface area contributed by atoms with E-state index in [0.29, 0.717) is 10.4 Å². The highest BCUT2D eigenvalue weighted by Gasteiger charge is 2.24. The average molecular weight is 474 g/mol. The molecule has 0 aliphatic heterocycles. The van der Waals surface area contributed by atoms with E-state index in [1.54, 1.807) is 43.5 Å². The molecule has 2 aromatic carbocycles. The average Bonchev–Trinajstić information content (AvgIpc) is 3.29. The zero-order valence-corrected chi connectivity index (χ0v) is 18.8. The van der Waals surface area contributed by atoms with Gasteiger partial charge in [-0.05, 0) is 54.6 Å². The van der Waals surface area contributed by atoms with Gasteiger partial charge in [-0.3, -0.25) is 14.9 Å². The Hall–Kier alpha value is -3.50. The Morgan fingerprint density at radius 2 is 1.75 bits per heavy atom. The van der Waals surface area contributed by atoms with Crippen LogP contribution in [0.5, 0.6) is 5.75 Å². The van der Waals surface area contributed by atoms with E-state index < -0.39 is 34.5 Å². The largest absolute Gasteiger partial charge is 0.452 e. The molecule has 2 amide bonds. The number of esters is 1. The van der Waals surface area contributed by atoms with E-state index in [9.17, 15) is 22.8 Å². The van der Waals surface area contributed by atoms with Crippen LogP contribution in [0, 0.1) is 13.8 Å². The van der Waals surface area contributed by atoms with Crippen molar-refractivity contribution in [2.75, 3.05) is 6.61 Å². The lowest BCUT2D eigenvalue weighted by molar-refractivity contribution is -0.123. The molecule has 0 bridgehead atoms. The smallest absolute Gasteiger partial charge is 0.342 e. The highest BCUT2D eigenvalue weighted by molar-refractivity contribution is 7.87. The predicted molar refractivity (Wildman–Crippen MR) is 117 cm³/mol. The summed E-state index contributed by atoms with van der Waals surface area (Å²) in [7, 11) is -4.23. The Morgan fingerprint density at radius 1 is 1.00 bits per heavy atom. The Balaban J connectivity index is 1.70. The van der Waals surface area contributed by atoms with Crippen LogP contribution >= 0.6 is 11.3 Å². The zero-order valence-electron chi connectivity index (χ0n) is 17.2. The van der Waals surface area contributed by atoms with Crippen molar-refractivity contribution in [3.8, 4) is 5.75 Å². The van der Waals surface area contributed by atoms with Crippen LogP contribution < -0.4 is 9.50 Å². The number of ether oxygens (including phenoxy) is 1. The molecule has 3 rings (SSSR count). The van der Waals surface area contributed by atoms with Crippen molar-refractivity contribution in [2.45, 2.75) is 18.7 Å². The van der Waals surface area contributed by atoms with Gasteiger partial charge in [0.1, 0.15) is 10.5 Å². The number of nitrogens with one attached hydrogen (secondary N) is 1. The Morgan fingerprint density at radius 3 is 2.47 bits per heavy atom. The first kappa shape index (κ1) is 23.2. The molecule has 10 heteroatoms. The van der Waals surface area contributed by atoms with Gasteiger partial charge in [-0.25, -0.2) is 4.79 Å². The van der Waals surface area contributed by atoms with Gasteiger partial charge in [0.2, 0.25) is 0 Å². The van der Waals surface area contributed by atoms with Crippen LogP contribution in [0.25, 0.3) is 0 Å². The van der Waals surface area contributed by atoms with Crippen LogP contribution in [0.15, 0.2) is 64.9 Å². The highest BCUT2D eigenvalue weighted by atomic mass is 32.2. The standard InChI is InChI=1S/C22H19NO7S2/c1-14-9-10-15(2)19(12-14)32(27,28)30-17-7-4-3-6-16(17)22(26)29-13-20(24)23-21(25)18-8-5-11-31-18/h3-12H,13H2,1-2H3,(H,23,24,25). The molecular formula is C22H19NO7S2. The summed E-state index contributed by atoms with van der Waals surface area (Å²) in [4.78, 5) is 36.6. The molecular weight excluding hydrogens is 454 g/mol. The predicted octanol–water partition coefficient (Wildman–Crippen LogP) is 3.25. The molecule has 0 aliphatic carbocycles. The van der Waals surface area contributed by atoms with E-state index >= 15 is 0 Å². The summed E-state index contributed by atoms with van der Waals surface area (Å²) in [6, 6.07) is 13.7.